The summed E-state index contributed by atoms with van der Waals surface area (Å²) >= 11 is -4.12. The summed E-state index contributed by atoms with van der Waals surface area (Å²) in [6.45, 7) is 3.67. The van der Waals surface area contributed by atoms with Gasteiger partial charge in [0.05, 0.1) is 0 Å². The Morgan fingerprint density at radius 2 is 1.08 bits per heavy atom. The first-order valence-electron chi connectivity index (χ1n) is 8.71. The van der Waals surface area contributed by atoms with Gasteiger partial charge in [-0.1, -0.05) is 0 Å². The predicted octanol–water partition coefficient (Wildman–Crippen LogP) is 2.90. The van der Waals surface area contributed by atoms with Crippen molar-refractivity contribution in [3.8, 4) is 0 Å². The Morgan fingerprint density at radius 3 is 1.38 bits per heavy atom. The number of allylic oxidation sites excluding steroid dienone is 1. The molecule has 0 aliphatic heterocycles. The summed E-state index contributed by atoms with van der Waals surface area (Å²) in [6.07, 6.45) is 1.81. The van der Waals surface area contributed by atoms with Crippen molar-refractivity contribution in [1.29, 1.82) is 0 Å². The van der Waals surface area contributed by atoms with Gasteiger partial charge in [-0.2, -0.15) is 0 Å². The molecule has 0 aliphatic carbocycles. The fourth-order valence-corrected chi connectivity index (χ4v) is 17.7. The van der Waals surface area contributed by atoms with Crippen LogP contribution in [0.2, 0.25) is 0 Å². The first-order valence-corrected chi connectivity index (χ1v) is 16.1. The Bertz CT molecular complexity index is 791. The van der Waals surface area contributed by atoms with Gasteiger partial charge in [0.2, 0.25) is 0 Å². The summed E-state index contributed by atoms with van der Waals surface area (Å²) in [5.74, 6) is -0.231. The van der Waals surface area contributed by atoms with Crippen LogP contribution in [0.4, 0.5) is 0 Å². The Balaban J connectivity index is 2.30. The SMILES string of the molecule is CC=C(C)C(=O)[O][BiH]([c]1ccccc1)([c]1ccccc1)[c]1ccccc1. The predicted molar refractivity (Wildman–Crippen MR) is 111 cm³/mol. The van der Waals surface area contributed by atoms with Crippen LogP contribution in [0.1, 0.15) is 13.8 Å². The van der Waals surface area contributed by atoms with Gasteiger partial charge in [0.1, 0.15) is 0 Å². The van der Waals surface area contributed by atoms with E-state index in [1.807, 2.05) is 74.5 Å². The zero-order chi connectivity index (χ0) is 18.4. The van der Waals surface area contributed by atoms with Gasteiger partial charge < -0.3 is 0 Å². The molecule has 0 radical (unpaired) electrons. The second kappa shape index (κ2) is 8.42. The molecule has 0 atom stereocenters. The molecular formula is C23H23BiO2. The third-order valence-corrected chi connectivity index (χ3v) is 19.8. The van der Waals surface area contributed by atoms with E-state index in [9.17, 15) is 4.79 Å². The minimum atomic E-state index is -4.12. The van der Waals surface area contributed by atoms with Gasteiger partial charge in [0.25, 0.3) is 0 Å². The van der Waals surface area contributed by atoms with E-state index in [1.54, 1.807) is 0 Å². The first kappa shape index (κ1) is 18.5. The molecule has 3 aromatic carbocycles. The third-order valence-electron chi connectivity index (χ3n) is 4.54. The Hall–Kier alpha value is -2.25. The maximum absolute atomic E-state index is 12.9. The summed E-state index contributed by atoms with van der Waals surface area (Å²) in [7, 11) is 0. The number of hydrogen-bond acceptors (Lipinski definition) is 2. The molecule has 0 aliphatic rings. The summed E-state index contributed by atoms with van der Waals surface area (Å²) in [5.41, 5.74) is 0.636. The molecule has 0 aromatic heterocycles. The molecule has 0 saturated carbocycles. The Labute approximate surface area is 160 Å². The van der Waals surface area contributed by atoms with Crippen molar-refractivity contribution in [2.75, 3.05) is 0 Å². The number of carbonyl (C=O) groups excluding carboxylic acids is 1. The molecule has 26 heavy (non-hydrogen) atoms. The number of hydrogen-bond donors (Lipinski definition) is 0. The Kier molecular flexibility index (Phi) is 6.01. The van der Waals surface area contributed by atoms with E-state index in [0.717, 1.165) is 9.81 Å². The monoisotopic (exact) mass is 540 g/mol. The van der Waals surface area contributed by atoms with E-state index in [0.29, 0.717) is 5.57 Å². The molecule has 3 heteroatoms. The van der Waals surface area contributed by atoms with Crippen LogP contribution in [0, 0.1) is 0 Å². The van der Waals surface area contributed by atoms with Gasteiger partial charge in [-0.25, -0.2) is 0 Å². The van der Waals surface area contributed by atoms with E-state index in [1.165, 1.54) is 0 Å². The van der Waals surface area contributed by atoms with Crippen molar-refractivity contribution in [3.05, 3.63) is 103 Å². The third kappa shape index (κ3) is 3.64. The molecule has 132 valence electrons. The molecule has 2 nitrogen and oxygen atoms in total. The van der Waals surface area contributed by atoms with Gasteiger partial charge in [0, 0.05) is 0 Å². The molecule has 3 aromatic rings. The molecule has 0 heterocycles. The van der Waals surface area contributed by atoms with Crippen molar-refractivity contribution < 1.29 is 7.61 Å². The van der Waals surface area contributed by atoms with Crippen molar-refractivity contribution in [3.63, 3.8) is 0 Å². The minimum absolute atomic E-state index is 0.231. The van der Waals surface area contributed by atoms with Crippen LogP contribution in [-0.4, -0.2) is 26.7 Å². The van der Waals surface area contributed by atoms with Gasteiger partial charge >= 0.3 is 161 Å². The molecule has 0 N–H and O–H groups in total. The topological polar surface area (TPSA) is 26.3 Å². The quantitative estimate of drug-likeness (QED) is 0.368. The molecule has 0 saturated heterocycles. The van der Waals surface area contributed by atoms with E-state index in [4.69, 9.17) is 2.81 Å². The molecule has 0 amide bonds. The number of carbonyl (C=O) groups is 1. The van der Waals surface area contributed by atoms with Gasteiger partial charge in [0.15, 0.2) is 0 Å². The van der Waals surface area contributed by atoms with E-state index in [2.05, 4.69) is 36.4 Å². The molecule has 0 spiro atoms. The summed E-state index contributed by atoms with van der Waals surface area (Å²) < 4.78 is 9.87. The van der Waals surface area contributed by atoms with Crippen LogP contribution in [0.15, 0.2) is 103 Å². The van der Waals surface area contributed by atoms with Crippen LogP contribution in [-0.2, 0) is 7.61 Å². The average molecular weight is 540 g/mol. The summed E-state index contributed by atoms with van der Waals surface area (Å²) in [4.78, 5) is 12.9. The van der Waals surface area contributed by atoms with Gasteiger partial charge in [-0.15, -0.1) is 0 Å². The first-order chi connectivity index (χ1) is 12.7. The number of benzene rings is 3. The van der Waals surface area contributed by atoms with E-state index >= 15 is 0 Å². The fourth-order valence-electron chi connectivity index (χ4n) is 3.03. The van der Waals surface area contributed by atoms with Crippen molar-refractivity contribution >= 4 is 36.5 Å². The molecular weight excluding hydrogens is 517 g/mol. The second-order valence-corrected chi connectivity index (χ2v) is 19.0. The van der Waals surface area contributed by atoms with Crippen LogP contribution in [0.5, 0.6) is 0 Å². The molecule has 0 unspecified atom stereocenters. The van der Waals surface area contributed by atoms with E-state index in [-0.39, 0.29) is 5.97 Å². The maximum atomic E-state index is 12.9. The van der Waals surface area contributed by atoms with Gasteiger partial charge in [-0.3, -0.25) is 0 Å². The normalized spacial score (nSPS) is 12.5. The Morgan fingerprint density at radius 1 is 0.731 bits per heavy atom. The second-order valence-electron chi connectivity index (χ2n) is 6.14. The zero-order valence-electron chi connectivity index (χ0n) is 15.1. The van der Waals surface area contributed by atoms with Crippen molar-refractivity contribution in [2.45, 2.75) is 13.8 Å². The van der Waals surface area contributed by atoms with Crippen LogP contribution >= 0.6 is 0 Å². The average Bonchev–Trinajstić information content (AvgIpc) is 2.73. The summed E-state index contributed by atoms with van der Waals surface area (Å²) in [5, 5.41) is 0. The van der Waals surface area contributed by atoms with Crippen LogP contribution in [0.25, 0.3) is 0 Å². The van der Waals surface area contributed by atoms with Crippen molar-refractivity contribution in [2.24, 2.45) is 0 Å². The summed E-state index contributed by atoms with van der Waals surface area (Å²) in [6, 6.07) is 30.7. The van der Waals surface area contributed by atoms with Crippen molar-refractivity contribution in [1.82, 2.24) is 0 Å². The van der Waals surface area contributed by atoms with E-state index < -0.39 is 20.7 Å². The van der Waals surface area contributed by atoms with Crippen LogP contribution < -0.4 is 9.81 Å². The standard InChI is InChI=1S/3C6H5.C5H8O2.Bi.H/c3*1-2-4-6-5-3-1;1-3-4(2)5(6)7;;/h3*1-5H;3H,1-2H3,(H,6,7);;/q;;;;+1;/p-1. The zero-order valence-corrected chi connectivity index (χ0v) is 18.9. The van der Waals surface area contributed by atoms with Crippen LogP contribution in [0.3, 0.4) is 0 Å². The number of rotatable bonds is 5. The molecule has 3 rings (SSSR count). The van der Waals surface area contributed by atoms with Gasteiger partial charge in [-0.05, 0) is 0 Å². The molecule has 0 fully saturated rings. The molecule has 0 bridgehead atoms. The fraction of sp³-hybridized carbons (Fsp3) is 0.0870.